The fraction of sp³-hybridized carbons (Fsp3) is 1.00. The third-order valence-electron chi connectivity index (χ3n) is 5.16. The normalized spacial score (nSPS) is 29.8. The second kappa shape index (κ2) is 8.22. The Bertz CT molecular complexity index is 461. The first kappa shape index (κ1) is 19.1. The quantitative estimate of drug-likeness (QED) is 0.735. The molecule has 2 rings (SSSR count). The third-order valence-corrected chi connectivity index (χ3v) is 7.34. The number of hydrogen-bond donors (Lipinski definition) is 1. The van der Waals surface area contributed by atoms with Gasteiger partial charge in [-0.1, -0.05) is 13.8 Å². The topological polar surface area (TPSA) is 67.3 Å². The Morgan fingerprint density at radius 3 is 2.13 bits per heavy atom. The summed E-state index contributed by atoms with van der Waals surface area (Å²) in [6.07, 6.45) is 0.762. The van der Waals surface area contributed by atoms with Gasteiger partial charge in [-0.15, -0.1) is 0 Å². The molecule has 2 fully saturated rings. The Labute approximate surface area is 141 Å². The molecule has 0 aliphatic carbocycles. The van der Waals surface area contributed by atoms with E-state index in [9.17, 15) is 13.5 Å². The molecule has 7 nitrogen and oxygen atoms in total. The highest BCUT2D eigenvalue weighted by atomic mass is 32.2. The summed E-state index contributed by atoms with van der Waals surface area (Å²) in [7, 11) is -1.29. The maximum absolute atomic E-state index is 12.7. The van der Waals surface area contributed by atoms with E-state index in [0.29, 0.717) is 39.0 Å². The molecule has 0 aromatic heterocycles. The van der Waals surface area contributed by atoms with Gasteiger partial charge < -0.3 is 10.0 Å². The molecule has 23 heavy (non-hydrogen) atoms. The third kappa shape index (κ3) is 4.43. The van der Waals surface area contributed by atoms with Crippen molar-refractivity contribution in [1.29, 1.82) is 0 Å². The van der Waals surface area contributed by atoms with Crippen LogP contribution in [0.1, 0.15) is 26.7 Å². The van der Waals surface area contributed by atoms with E-state index < -0.39 is 16.3 Å². The second-order valence-corrected chi connectivity index (χ2v) is 8.47. The summed E-state index contributed by atoms with van der Waals surface area (Å²) in [5.74, 6) is 0. The highest BCUT2D eigenvalue weighted by Crippen LogP contribution is 2.22. The molecular formula is C15H32N4O3S. The molecule has 0 bridgehead atoms. The molecule has 0 saturated carbocycles. The van der Waals surface area contributed by atoms with Crippen molar-refractivity contribution in [2.24, 2.45) is 0 Å². The molecule has 0 unspecified atom stereocenters. The zero-order valence-corrected chi connectivity index (χ0v) is 15.5. The minimum Gasteiger partial charge on any atom is -0.391 e. The van der Waals surface area contributed by atoms with Gasteiger partial charge in [0.05, 0.1) is 6.10 Å². The van der Waals surface area contributed by atoms with Crippen LogP contribution in [-0.2, 0) is 10.2 Å². The van der Waals surface area contributed by atoms with E-state index in [1.807, 2.05) is 13.8 Å². The summed E-state index contributed by atoms with van der Waals surface area (Å²) < 4.78 is 28.4. The SMILES string of the molecule is CCN(CC)S(=O)(=O)N1CC[C@H](O)[C@@H](N2CCN(C)CC2)CC1. The zero-order valence-electron chi connectivity index (χ0n) is 14.7. The van der Waals surface area contributed by atoms with Gasteiger partial charge in [-0.2, -0.15) is 17.0 Å². The number of nitrogens with zero attached hydrogens (tertiary/aromatic N) is 4. The maximum Gasteiger partial charge on any atom is 0.281 e. The van der Waals surface area contributed by atoms with E-state index >= 15 is 0 Å². The molecule has 1 N–H and O–H groups in total. The molecule has 0 aromatic carbocycles. The molecule has 8 heteroatoms. The van der Waals surface area contributed by atoms with Crippen molar-refractivity contribution in [2.45, 2.75) is 38.8 Å². The minimum absolute atomic E-state index is 0.0700. The van der Waals surface area contributed by atoms with E-state index in [2.05, 4.69) is 16.8 Å². The average molecular weight is 349 g/mol. The number of rotatable bonds is 5. The number of piperazine rings is 1. The predicted molar refractivity (Wildman–Crippen MR) is 91.5 cm³/mol. The second-order valence-electron chi connectivity index (χ2n) is 6.54. The molecule has 2 aliphatic heterocycles. The first-order valence-corrected chi connectivity index (χ1v) is 10.2. The van der Waals surface area contributed by atoms with Crippen LogP contribution >= 0.6 is 0 Å². The van der Waals surface area contributed by atoms with Crippen LogP contribution in [0.5, 0.6) is 0 Å². The summed E-state index contributed by atoms with van der Waals surface area (Å²) in [6.45, 7) is 9.50. The van der Waals surface area contributed by atoms with Crippen molar-refractivity contribution in [1.82, 2.24) is 18.4 Å². The Hall–Kier alpha value is -0.250. The molecule has 0 spiro atoms. The van der Waals surface area contributed by atoms with E-state index in [0.717, 1.165) is 26.2 Å². The predicted octanol–water partition coefficient (Wildman–Crippen LogP) is -0.354. The first-order valence-electron chi connectivity index (χ1n) is 8.76. The van der Waals surface area contributed by atoms with E-state index in [1.54, 1.807) is 4.31 Å². The summed E-state index contributed by atoms with van der Waals surface area (Å²) in [6, 6.07) is 0.0700. The smallest absolute Gasteiger partial charge is 0.281 e. The lowest BCUT2D eigenvalue weighted by Gasteiger charge is -2.39. The molecule has 0 amide bonds. The Morgan fingerprint density at radius 1 is 1.00 bits per heavy atom. The van der Waals surface area contributed by atoms with Crippen LogP contribution in [-0.4, -0.2) is 103 Å². The molecule has 2 aliphatic rings. The van der Waals surface area contributed by atoms with Crippen LogP contribution in [0.3, 0.4) is 0 Å². The monoisotopic (exact) mass is 348 g/mol. The number of hydrogen-bond acceptors (Lipinski definition) is 5. The van der Waals surface area contributed by atoms with Gasteiger partial charge in [0.15, 0.2) is 0 Å². The number of likely N-dealkylation sites (N-methyl/N-ethyl adjacent to an activating group) is 1. The number of aliphatic hydroxyl groups excluding tert-OH is 1. The van der Waals surface area contributed by atoms with Crippen molar-refractivity contribution in [3.63, 3.8) is 0 Å². The molecule has 2 atom stereocenters. The molecular weight excluding hydrogens is 316 g/mol. The Morgan fingerprint density at radius 2 is 1.57 bits per heavy atom. The van der Waals surface area contributed by atoms with E-state index in [-0.39, 0.29) is 6.04 Å². The Kier molecular flexibility index (Phi) is 6.82. The van der Waals surface area contributed by atoms with Crippen LogP contribution in [0.2, 0.25) is 0 Å². The van der Waals surface area contributed by atoms with Gasteiger partial charge >= 0.3 is 0 Å². The van der Waals surface area contributed by atoms with Crippen LogP contribution < -0.4 is 0 Å². The minimum atomic E-state index is -3.41. The fourth-order valence-electron chi connectivity index (χ4n) is 3.57. The van der Waals surface area contributed by atoms with Gasteiger partial charge in [-0.25, -0.2) is 0 Å². The van der Waals surface area contributed by atoms with Crippen LogP contribution in [0.4, 0.5) is 0 Å². The molecule has 2 heterocycles. The van der Waals surface area contributed by atoms with Crippen molar-refractivity contribution in [2.75, 3.05) is 59.4 Å². The van der Waals surface area contributed by atoms with Gasteiger partial charge in [0.1, 0.15) is 0 Å². The molecule has 0 radical (unpaired) electrons. The fourth-order valence-corrected chi connectivity index (χ4v) is 5.22. The maximum atomic E-state index is 12.7. The van der Waals surface area contributed by atoms with Gasteiger partial charge in [0.2, 0.25) is 0 Å². The largest absolute Gasteiger partial charge is 0.391 e. The Balaban J connectivity index is 2.03. The first-order chi connectivity index (χ1) is 10.9. The van der Waals surface area contributed by atoms with Gasteiger partial charge in [-0.05, 0) is 19.9 Å². The van der Waals surface area contributed by atoms with Gasteiger partial charge in [0.25, 0.3) is 10.2 Å². The van der Waals surface area contributed by atoms with Crippen molar-refractivity contribution in [3.8, 4) is 0 Å². The molecule has 2 saturated heterocycles. The summed E-state index contributed by atoms with van der Waals surface area (Å²) in [4.78, 5) is 4.62. The standard InChI is InChI=1S/C15H32N4O3S/c1-4-18(5-2)23(21,22)19-8-6-14(15(20)7-9-19)17-12-10-16(3)11-13-17/h14-15,20H,4-13H2,1-3H3/t14-,15-/m0/s1. The highest BCUT2D eigenvalue weighted by Gasteiger charge is 2.35. The molecule has 0 aromatic rings. The van der Waals surface area contributed by atoms with Crippen molar-refractivity contribution >= 4 is 10.2 Å². The lowest BCUT2D eigenvalue weighted by molar-refractivity contribution is 0.0224. The molecule has 136 valence electrons. The van der Waals surface area contributed by atoms with Crippen LogP contribution in [0.25, 0.3) is 0 Å². The highest BCUT2D eigenvalue weighted by molar-refractivity contribution is 7.86. The van der Waals surface area contributed by atoms with Crippen LogP contribution in [0.15, 0.2) is 0 Å². The summed E-state index contributed by atoms with van der Waals surface area (Å²) in [5.41, 5.74) is 0. The summed E-state index contributed by atoms with van der Waals surface area (Å²) in [5, 5.41) is 10.5. The average Bonchev–Trinajstić information content (AvgIpc) is 2.71. The lowest BCUT2D eigenvalue weighted by atomic mass is 10.0. The van der Waals surface area contributed by atoms with E-state index in [1.165, 1.54) is 4.31 Å². The van der Waals surface area contributed by atoms with E-state index in [4.69, 9.17) is 0 Å². The van der Waals surface area contributed by atoms with Crippen LogP contribution in [0, 0.1) is 0 Å². The van der Waals surface area contributed by atoms with Gasteiger partial charge in [0, 0.05) is 58.4 Å². The van der Waals surface area contributed by atoms with Crippen molar-refractivity contribution < 1.29 is 13.5 Å². The number of aliphatic hydroxyl groups is 1. The lowest BCUT2D eigenvalue weighted by Crippen LogP contribution is -2.52. The summed E-state index contributed by atoms with van der Waals surface area (Å²) >= 11 is 0. The van der Waals surface area contributed by atoms with Crippen molar-refractivity contribution in [3.05, 3.63) is 0 Å². The zero-order chi connectivity index (χ0) is 17.0. The van der Waals surface area contributed by atoms with Gasteiger partial charge in [-0.3, -0.25) is 4.90 Å².